The summed E-state index contributed by atoms with van der Waals surface area (Å²) in [5, 5.41) is 5.45. The van der Waals surface area contributed by atoms with E-state index in [-0.39, 0.29) is 17.9 Å². The van der Waals surface area contributed by atoms with Gasteiger partial charge in [-0.05, 0) is 23.8 Å². The molecule has 0 aliphatic carbocycles. The Labute approximate surface area is 159 Å². The minimum Gasteiger partial charge on any atom is -0.384 e. The molecular formula is C19H15ClFN3O3. The van der Waals surface area contributed by atoms with Crippen LogP contribution >= 0.6 is 11.6 Å². The van der Waals surface area contributed by atoms with E-state index in [1.807, 2.05) is 0 Å². The van der Waals surface area contributed by atoms with Crippen molar-refractivity contribution in [3.8, 4) is 0 Å². The van der Waals surface area contributed by atoms with Gasteiger partial charge >= 0.3 is 6.03 Å². The summed E-state index contributed by atoms with van der Waals surface area (Å²) >= 11 is 6.08. The molecule has 1 heterocycles. The van der Waals surface area contributed by atoms with Gasteiger partial charge in [0, 0.05) is 17.3 Å². The number of hydrogen-bond donors (Lipinski definition) is 2. The number of nitrogens with zero attached hydrogens (tertiary/aromatic N) is 1. The molecule has 2 aromatic carbocycles. The molecule has 0 saturated carbocycles. The van der Waals surface area contributed by atoms with Crippen molar-refractivity contribution in [1.82, 2.24) is 10.6 Å². The first-order valence-corrected chi connectivity index (χ1v) is 8.37. The number of halogens is 2. The number of urea groups is 1. The van der Waals surface area contributed by atoms with Crippen LogP contribution in [-0.4, -0.2) is 17.8 Å². The number of rotatable bonds is 5. The molecule has 2 aromatic rings. The van der Waals surface area contributed by atoms with Crippen molar-refractivity contribution >= 4 is 35.1 Å². The predicted octanol–water partition coefficient (Wildman–Crippen LogP) is 2.98. The van der Waals surface area contributed by atoms with Gasteiger partial charge in [0.2, 0.25) is 5.91 Å². The van der Waals surface area contributed by atoms with Gasteiger partial charge in [-0.2, -0.15) is 0 Å². The van der Waals surface area contributed by atoms with Crippen LogP contribution in [0.4, 0.5) is 14.9 Å². The molecule has 1 aliphatic rings. The highest BCUT2D eigenvalue weighted by atomic mass is 35.5. The van der Waals surface area contributed by atoms with Crippen LogP contribution in [0.2, 0.25) is 5.02 Å². The number of hydrogen-bond acceptors (Lipinski definition) is 4. The molecule has 3 rings (SSSR count). The van der Waals surface area contributed by atoms with E-state index in [2.05, 4.69) is 17.2 Å². The summed E-state index contributed by atoms with van der Waals surface area (Å²) in [5.41, 5.74) is 0.577. The van der Waals surface area contributed by atoms with E-state index in [9.17, 15) is 18.8 Å². The van der Waals surface area contributed by atoms with Crippen molar-refractivity contribution in [1.29, 1.82) is 0 Å². The Kier molecular flexibility index (Phi) is 5.23. The number of anilines is 1. The lowest BCUT2D eigenvalue weighted by atomic mass is 10.0. The molecule has 8 heteroatoms. The predicted molar refractivity (Wildman–Crippen MR) is 98.3 cm³/mol. The van der Waals surface area contributed by atoms with Crippen molar-refractivity contribution in [2.75, 3.05) is 4.90 Å². The van der Waals surface area contributed by atoms with E-state index in [0.717, 1.165) is 11.6 Å². The number of benzene rings is 2. The van der Waals surface area contributed by atoms with Crippen LogP contribution in [0.15, 0.2) is 60.8 Å². The molecule has 2 N–H and O–H groups in total. The topological polar surface area (TPSA) is 78.5 Å². The highest BCUT2D eigenvalue weighted by Crippen LogP contribution is 2.26. The summed E-state index contributed by atoms with van der Waals surface area (Å²) in [7, 11) is 0. The maximum atomic E-state index is 14.0. The molecule has 0 radical (unpaired) electrons. The van der Waals surface area contributed by atoms with Crippen LogP contribution in [0.5, 0.6) is 0 Å². The first-order chi connectivity index (χ1) is 12.9. The Morgan fingerprint density at radius 2 is 1.81 bits per heavy atom. The number of para-hydroxylation sites is 1. The van der Waals surface area contributed by atoms with Gasteiger partial charge in [0.25, 0.3) is 5.91 Å². The zero-order valence-corrected chi connectivity index (χ0v) is 14.8. The minimum absolute atomic E-state index is 0.0752. The lowest BCUT2D eigenvalue weighted by molar-refractivity contribution is -0.132. The molecule has 27 heavy (non-hydrogen) atoms. The van der Waals surface area contributed by atoms with E-state index in [4.69, 9.17) is 11.6 Å². The summed E-state index contributed by atoms with van der Waals surface area (Å²) < 4.78 is 14.0. The Balaban J connectivity index is 1.82. The molecule has 0 bridgehead atoms. The average molecular weight is 388 g/mol. The maximum Gasteiger partial charge on any atom is 0.335 e. The SMILES string of the molecule is C=C(NCc1ccccc1Cl)C1C(=O)NC(=O)N(c2ccccc2F)C1=O. The van der Waals surface area contributed by atoms with Crippen molar-refractivity contribution in [3.05, 3.63) is 77.2 Å². The highest BCUT2D eigenvalue weighted by molar-refractivity contribution is 6.31. The molecule has 1 aliphatic heterocycles. The molecule has 0 spiro atoms. The second kappa shape index (κ2) is 7.59. The average Bonchev–Trinajstić information content (AvgIpc) is 2.62. The van der Waals surface area contributed by atoms with Crippen molar-refractivity contribution in [2.45, 2.75) is 6.54 Å². The Hall–Kier alpha value is -3.19. The summed E-state index contributed by atoms with van der Waals surface area (Å²) in [6.45, 7) is 3.96. The zero-order chi connectivity index (χ0) is 19.6. The van der Waals surface area contributed by atoms with Gasteiger partial charge in [0.1, 0.15) is 5.82 Å². The van der Waals surface area contributed by atoms with Crippen LogP contribution in [0.1, 0.15) is 5.56 Å². The Morgan fingerprint density at radius 3 is 2.52 bits per heavy atom. The molecule has 1 atom stereocenters. The van der Waals surface area contributed by atoms with Crippen LogP contribution in [-0.2, 0) is 16.1 Å². The van der Waals surface area contributed by atoms with E-state index >= 15 is 0 Å². The fourth-order valence-corrected chi connectivity index (χ4v) is 2.90. The summed E-state index contributed by atoms with van der Waals surface area (Å²) in [6, 6.07) is 11.3. The number of barbiturate groups is 1. The summed E-state index contributed by atoms with van der Waals surface area (Å²) in [4.78, 5) is 37.7. The normalized spacial score (nSPS) is 16.9. The third kappa shape index (κ3) is 3.68. The second-order valence-corrected chi connectivity index (χ2v) is 6.23. The molecular weight excluding hydrogens is 373 g/mol. The quantitative estimate of drug-likeness (QED) is 0.773. The fourth-order valence-electron chi connectivity index (χ4n) is 2.70. The lowest BCUT2D eigenvalue weighted by Gasteiger charge is -2.31. The number of imide groups is 2. The van der Waals surface area contributed by atoms with Gasteiger partial charge in [-0.25, -0.2) is 14.1 Å². The molecule has 6 nitrogen and oxygen atoms in total. The van der Waals surface area contributed by atoms with Crippen LogP contribution in [0.3, 0.4) is 0 Å². The van der Waals surface area contributed by atoms with Gasteiger partial charge in [0.05, 0.1) is 5.69 Å². The maximum absolute atomic E-state index is 14.0. The molecule has 4 amide bonds. The number of carbonyl (C=O) groups is 3. The molecule has 0 aromatic heterocycles. The lowest BCUT2D eigenvalue weighted by Crippen LogP contribution is -2.59. The third-order valence-corrected chi connectivity index (χ3v) is 4.44. The first-order valence-electron chi connectivity index (χ1n) is 7.99. The third-order valence-electron chi connectivity index (χ3n) is 4.07. The zero-order valence-electron chi connectivity index (χ0n) is 14.0. The van der Waals surface area contributed by atoms with Crippen LogP contribution < -0.4 is 15.5 Å². The van der Waals surface area contributed by atoms with Crippen LogP contribution in [0.25, 0.3) is 0 Å². The number of nitrogens with one attached hydrogen (secondary N) is 2. The molecule has 1 unspecified atom stereocenters. The Bertz CT molecular complexity index is 947. The van der Waals surface area contributed by atoms with Crippen molar-refractivity contribution in [3.63, 3.8) is 0 Å². The smallest absolute Gasteiger partial charge is 0.335 e. The van der Waals surface area contributed by atoms with E-state index in [1.165, 1.54) is 18.2 Å². The first kappa shape index (κ1) is 18.6. The van der Waals surface area contributed by atoms with Crippen molar-refractivity contribution in [2.24, 2.45) is 5.92 Å². The highest BCUT2D eigenvalue weighted by Gasteiger charge is 2.43. The van der Waals surface area contributed by atoms with Crippen LogP contribution in [0, 0.1) is 11.7 Å². The van der Waals surface area contributed by atoms with Crippen molar-refractivity contribution < 1.29 is 18.8 Å². The largest absolute Gasteiger partial charge is 0.384 e. The van der Waals surface area contributed by atoms with Gasteiger partial charge in [-0.3, -0.25) is 14.9 Å². The molecule has 1 fully saturated rings. The minimum atomic E-state index is -1.38. The number of amides is 4. The summed E-state index contributed by atoms with van der Waals surface area (Å²) in [5.74, 6) is -3.85. The van der Waals surface area contributed by atoms with Gasteiger partial charge in [-0.15, -0.1) is 0 Å². The monoisotopic (exact) mass is 387 g/mol. The van der Waals surface area contributed by atoms with E-state index in [1.54, 1.807) is 24.3 Å². The fraction of sp³-hybridized carbons (Fsp3) is 0.105. The molecule has 138 valence electrons. The van der Waals surface area contributed by atoms with E-state index < -0.39 is 29.6 Å². The standard InChI is InChI=1S/C19H15ClFN3O3/c1-11(22-10-12-6-2-3-7-13(12)20)16-17(25)23-19(27)24(18(16)26)15-9-5-4-8-14(15)21/h2-9,16,22H,1,10H2,(H,23,25,27). The van der Waals surface area contributed by atoms with E-state index in [0.29, 0.717) is 9.92 Å². The van der Waals surface area contributed by atoms with Gasteiger partial charge < -0.3 is 5.32 Å². The van der Waals surface area contributed by atoms with Gasteiger partial charge in [0.15, 0.2) is 5.92 Å². The summed E-state index contributed by atoms with van der Waals surface area (Å²) in [6.07, 6.45) is 0. The van der Waals surface area contributed by atoms with Gasteiger partial charge in [-0.1, -0.05) is 48.5 Å². The second-order valence-electron chi connectivity index (χ2n) is 5.82. The Morgan fingerprint density at radius 1 is 1.15 bits per heavy atom. The number of carbonyl (C=O) groups excluding carboxylic acids is 3. The molecule has 1 saturated heterocycles.